The molecule has 0 radical (unpaired) electrons. The molecule has 0 bridgehead atoms. The molecule has 22 heavy (non-hydrogen) atoms. The van der Waals surface area contributed by atoms with Crippen molar-refractivity contribution >= 4 is 33.6 Å². The van der Waals surface area contributed by atoms with E-state index >= 15 is 0 Å². The summed E-state index contributed by atoms with van der Waals surface area (Å²) in [6.45, 7) is 1.41. The van der Waals surface area contributed by atoms with Crippen LogP contribution in [0.2, 0.25) is 0 Å². The molecule has 2 heterocycles. The first-order chi connectivity index (χ1) is 10.7. The molecule has 1 aliphatic carbocycles. The zero-order chi connectivity index (χ0) is 15.4. The van der Waals surface area contributed by atoms with Crippen molar-refractivity contribution < 1.29 is 9.53 Å². The summed E-state index contributed by atoms with van der Waals surface area (Å²) in [5.41, 5.74) is 0. The number of carbonyl (C=O) groups excluding carboxylic acids is 1. The van der Waals surface area contributed by atoms with Gasteiger partial charge in [0.25, 0.3) is 0 Å². The molecule has 1 unspecified atom stereocenters. The highest BCUT2D eigenvalue weighted by Crippen LogP contribution is 2.29. The first-order valence-corrected chi connectivity index (χ1v) is 9.58. The van der Waals surface area contributed by atoms with Gasteiger partial charge < -0.3 is 9.64 Å². The van der Waals surface area contributed by atoms with Crippen LogP contribution in [0.3, 0.4) is 0 Å². The number of likely N-dealkylation sites (tertiary alicyclic amines) is 1. The van der Waals surface area contributed by atoms with E-state index in [1.807, 2.05) is 16.7 Å². The van der Waals surface area contributed by atoms with Crippen LogP contribution in [0.4, 0.5) is 0 Å². The van der Waals surface area contributed by atoms with E-state index in [1.54, 1.807) is 12.4 Å². The van der Waals surface area contributed by atoms with Crippen LogP contribution in [0.1, 0.15) is 32.1 Å². The lowest BCUT2D eigenvalue weighted by molar-refractivity contribution is -0.127. The fourth-order valence-electron chi connectivity index (χ4n) is 2.90. The zero-order valence-electron chi connectivity index (χ0n) is 12.4. The van der Waals surface area contributed by atoms with Crippen LogP contribution in [-0.2, 0) is 4.79 Å². The van der Waals surface area contributed by atoms with E-state index in [-0.39, 0.29) is 12.0 Å². The van der Waals surface area contributed by atoms with Crippen molar-refractivity contribution in [1.82, 2.24) is 14.9 Å². The second kappa shape index (κ2) is 7.64. The van der Waals surface area contributed by atoms with Gasteiger partial charge in [0.15, 0.2) is 0 Å². The maximum Gasteiger partial charge on any atom is 0.316 e. The summed E-state index contributed by atoms with van der Waals surface area (Å²) < 4.78 is 6.57. The van der Waals surface area contributed by atoms with Gasteiger partial charge in [-0.2, -0.15) is 0 Å². The summed E-state index contributed by atoms with van der Waals surface area (Å²) in [6.07, 6.45) is 9.35. The molecular formula is C15H20BrN3O2S. The number of hydrogen-bond acceptors (Lipinski definition) is 5. The Bertz CT molecular complexity index is 508. The van der Waals surface area contributed by atoms with Gasteiger partial charge in [0, 0.05) is 30.6 Å². The number of amides is 1. The molecule has 7 heteroatoms. The number of rotatable bonds is 5. The SMILES string of the molecule is O=C(CSC1CCCC1)N1CCC(Oc2ncc(Br)cn2)C1. The summed E-state index contributed by atoms with van der Waals surface area (Å²) in [6, 6.07) is 0.378. The standard InChI is InChI=1S/C15H20BrN3O2S/c16-11-7-17-15(18-8-11)21-12-5-6-19(9-12)14(20)10-22-13-3-1-2-4-13/h7-8,12-13H,1-6,9-10H2. The van der Waals surface area contributed by atoms with Crippen LogP contribution in [0.25, 0.3) is 0 Å². The highest BCUT2D eigenvalue weighted by atomic mass is 79.9. The molecule has 1 amide bonds. The lowest BCUT2D eigenvalue weighted by Gasteiger charge is -2.17. The fraction of sp³-hybridized carbons (Fsp3) is 0.667. The third-order valence-corrected chi connectivity index (χ3v) is 5.88. The number of ether oxygens (including phenoxy) is 1. The number of hydrogen-bond donors (Lipinski definition) is 0. The van der Waals surface area contributed by atoms with Gasteiger partial charge >= 0.3 is 6.01 Å². The lowest BCUT2D eigenvalue weighted by atomic mass is 10.3. The maximum atomic E-state index is 12.3. The number of aromatic nitrogens is 2. The smallest absolute Gasteiger partial charge is 0.316 e. The minimum absolute atomic E-state index is 0.00149. The number of carbonyl (C=O) groups is 1. The third-order valence-electron chi connectivity index (χ3n) is 4.11. The zero-order valence-corrected chi connectivity index (χ0v) is 14.8. The highest BCUT2D eigenvalue weighted by molar-refractivity contribution is 9.10. The van der Waals surface area contributed by atoms with Gasteiger partial charge in [-0.25, -0.2) is 9.97 Å². The number of halogens is 1. The fourth-order valence-corrected chi connectivity index (χ4v) is 4.33. The Labute approximate surface area is 143 Å². The molecule has 5 nitrogen and oxygen atoms in total. The molecular weight excluding hydrogens is 366 g/mol. The van der Waals surface area contributed by atoms with Crippen LogP contribution < -0.4 is 4.74 Å². The third kappa shape index (κ3) is 4.35. The molecule has 0 aromatic carbocycles. The Morgan fingerprint density at radius 3 is 2.77 bits per heavy atom. The van der Waals surface area contributed by atoms with Gasteiger partial charge in [0.1, 0.15) is 6.10 Å². The predicted octanol–water partition coefficient (Wildman–Crippen LogP) is 2.89. The second-order valence-corrected chi connectivity index (χ2v) is 7.97. The van der Waals surface area contributed by atoms with Crippen molar-refractivity contribution in [3.05, 3.63) is 16.9 Å². The van der Waals surface area contributed by atoms with Gasteiger partial charge in [-0.05, 0) is 28.8 Å². The Kier molecular flexibility index (Phi) is 5.57. The molecule has 3 rings (SSSR count). The monoisotopic (exact) mass is 385 g/mol. The molecule has 0 N–H and O–H groups in total. The molecule has 0 spiro atoms. The van der Waals surface area contributed by atoms with Gasteiger partial charge in [-0.3, -0.25) is 4.79 Å². The Balaban J connectivity index is 1.42. The van der Waals surface area contributed by atoms with Crippen LogP contribution in [-0.4, -0.2) is 51.0 Å². The molecule has 1 saturated carbocycles. The van der Waals surface area contributed by atoms with Gasteiger partial charge in [-0.1, -0.05) is 12.8 Å². The second-order valence-electron chi connectivity index (χ2n) is 5.77. The summed E-state index contributed by atoms with van der Waals surface area (Å²) in [5.74, 6) is 0.839. The average molecular weight is 386 g/mol. The molecule has 1 saturated heterocycles. The van der Waals surface area contributed by atoms with Crippen LogP contribution in [0.5, 0.6) is 6.01 Å². The van der Waals surface area contributed by atoms with Crippen molar-refractivity contribution in [2.45, 2.75) is 43.5 Å². The van der Waals surface area contributed by atoms with E-state index in [9.17, 15) is 4.79 Å². The van der Waals surface area contributed by atoms with Crippen molar-refractivity contribution in [1.29, 1.82) is 0 Å². The van der Waals surface area contributed by atoms with E-state index in [4.69, 9.17) is 4.74 Å². The summed E-state index contributed by atoms with van der Waals surface area (Å²) in [5, 5.41) is 0.690. The normalized spacial score (nSPS) is 22.2. The van der Waals surface area contributed by atoms with Gasteiger partial charge in [-0.15, -0.1) is 11.8 Å². The molecule has 1 atom stereocenters. The van der Waals surface area contributed by atoms with E-state index in [0.29, 0.717) is 23.6 Å². The van der Waals surface area contributed by atoms with Gasteiger partial charge in [0.05, 0.1) is 16.8 Å². The van der Waals surface area contributed by atoms with E-state index < -0.39 is 0 Å². The summed E-state index contributed by atoms with van der Waals surface area (Å²) in [4.78, 5) is 22.4. The first kappa shape index (κ1) is 16.1. The summed E-state index contributed by atoms with van der Waals surface area (Å²) >= 11 is 5.12. The number of nitrogens with zero attached hydrogens (tertiary/aromatic N) is 3. The molecule has 2 aliphatic rings. The summed E-state index contributed by atoms with van der Waals surface area (Å²) in [7, 11) is 0. The Morgan fingerprint density at radius 2 is 2.05 bits per heavy atom. The van der Waals surface area contributed by atoms with Gasteiger partial charge in [0.2, 0.25) is 5.91 Å². The van der Waals surface area contributed by atoms with Crippen molar-refractivity contribution in [2.75, 3.05) is 18.8 Å². The van der Waals surface area contributed by atoms with Crippen LogP contribution >= 0.6 is 27.7 Å². The molecule has 120 valence electrons. The quantitative estimate of drug-likeness (QED) is 0.779. The van der Waals surface area contributed by atoms with Crippen molar-refractivity contribution in [2.24, 2.45) is 0 Å². The Hall–Kier alpha value is -0.820. The molecule has 1 aliphatic heterocycles. The van der Waals surface area contributed by atoms with E-state index in [1.165, 1.54) is 25.7 Å². The molecule has 1 aromatic heterocycles. The average Bonchev–Trinajstić information content (AvgIpc) is 3.19. The highest BCUT2D eigenvalue weighted by Gasteiger charge is 2.28. The van der Waals surface area contributed by atoms with Crippen LogP contribution in [0, 0.1) is 0 Å². The predicted molar refractivity (Wildman–Crippen MR) is 90.1 cm³/mol. The van der Waals surface area contributed by atoms with Crippen LogP contribution in [0.15, 0.2) is 16.9 Å². The van der Waals surface area contributed by atoms with E-state index in [0.717, 1.165) is 17.4 Å². The Morgan fingerprint density at radius 1 is 1.32 bits per heavy atom. The maximum absolute atomic E-state index is 12.3. The topological polar surface area (TPSA) is 55.3 Å². The molecule has 2 fully saturated rings. The molecule has 1 aromatic rings. The van der Waals surface area contributed by atoms with Crippen molar-refractivity contribution in [3.8, 4) is 6.01 Å². The first-order valence-electron chi connectivity index (χ1n) is 7.74. The van der Waals surface area contributed by atoms with E-state index in [2.05, 4.69) is 25.9 Å². The van der Waals surface area contributed by atoms with Crippen molar-refractivity contribution in [3.63, 3.8) is 0 Å². The number of thioether (sulfide) groups is 1. The lowest BCUT2D eigenvalue weighted by Crippen LogP contribution is -2.32. The minimum Gasteiger partial charge on any atom is -0.458 e. The minimum atomic E-state index is 0.00149. The largest absolute Gasteiger partial charge is 0.458 e.